The van der Waals surface area contributed by atoms with Crippen molar-refractivity contribution in [2.45, 2.75) is 24.6 Å². The van der Waals surface area contributed by atoms with E-state index in [0.29, 0.717) is 10.7 Å². The highest BCUT2D eigenvalue weighted by atomic mass is 79.9. The molecule has 88 valence electrons. The van der Waals surface area contributed by atoms with Gasteiger partial charge < -0.3 is 0 Å². The van der Waals surface area contributed by atoms with Gasteiger partial charge in [0.05, 0.1) is 0 Å². The second-order valence-corrected chi connectivity index (χ2v) is 5.37. The van der Waals surface area contributed by atoms with Gasteiger partial charge in [-0.25, -0.2) is 0 Å². The van der Waals surface area contributed by atoms with Gasteiger partial charge in [-0.15, -0.1) is 0 Å². The maximum absolute atomic E-state index is 4.06. The Bertz CT molecular complexity index is 481. The largest absolute Gasteiger partial charge is 0.265 e. The van der Waals surface area contributed by atoms with Crippen molar-refractivity contribution in [3.05, 3.63) is 65.5 Å². The summed E-state index contributed by atoms with van der Waals surface area (Å²) in [7, 11) is 0. The maximum Gasteiger partial charge on any atom is 0.0461 e. The van der Waals surface area contributed by atoms with E-state index in [-0.39, 0.29) is 0 Å². The summed E-state index contributed by atoms with van der Waals surface area (Å²) in [4.78, 5) is 4.40. The third-order valence-corrected chi connectivity index (χ3v) is 4.35. The minimum Gasteiger partial charge on any atom is -0.265 e. The summed E-state index contributed by atoms with van der Waals surface area (Å²) in [5.41, 5.74) is 3.94. The Labute approximate surface area is 111 Å². The van der Waals surface area contributed by atoms with Gasteiger partial charge in [-0.3, -0.25) is 4.98 Å². The van der Waals surface area contributed by atoms with Gasteiger partial charge in [0.2, 0.25) is 0 Å². The lowest BCUT2D eigenvalue weighted by atomic mass is 9.94. The van der Waals surface area contributed by atoms with Crippen LogP contribution in [0.5, 0.6) is 0 Å². The topological polar surface area (TPSA) is 12.9 Å². The minimum absolute atomic E-state index is 0.338. The molecule has 17 heavy (non-hydrogen) atoms. The lowest BCUT2D eigenvalue weighted by Crippen LogP contribution is -2.02. The molecule has 0 amide bonds. The van der Waals surface area contributed by atoms with Gasteiger partial charge in [-0.05, 0) is 36.1 Å². The number of nitrogens with zero attached hydrogens (tertiary/aromatic N) is 1. The van der Waals surface area contributed by atoms with Crippen LogP contribution in [0.15, 0.2) is 48.8 Å². The average molecular weight is 290 g/mol. The summed E-state index contributed by atoms with van der Waals surface area (Å²) in [5.74, 6) is 0.430. The molecule has 0 saturated heterocycles. The Morgan fingerprint density at radius 2 is 1.76 bits per heavy atom. The second-order valence-electron chi connectivity index (χ2n) is 4.39. The van der Waals surface area contributed by atoms with Gasteiger partial charge in [0.25, 0.3) is 0 Å². The molecular formula is C15H16BrN. The number of benzene rings is 1. The number of hydrogen-bond acceptors (Lipinski definition) is 1. The van der Waals surface area contributed by atoms with Gasteiger partial charge >= 0.3 is 0 Å². The van der Waals surface area contributed by atoms with E-state index in [0.717, 1.165) is 0 Å². The van der Waals surface area contributed by atoms with Gasteiger partial charge in [-0.2, -0.15) is 0 Å². The molecule has 2 unspecified atom stereocenters. The van der Waals surface area contributed by atoms with Crippen molar-refractivity contribution in [3.8, 4) is 0 Å². The molecule has 1 aromatic heterocycles. The molecule has 0 N–H and O–H groups in total. The fourth-order valence-corrected chi connectivity index (χ4v) is 2.56. The van der Waals surface area contributed by atoms with Crippen LogP contribution < -0.4 is 0 Å². The number of halogens is 1. The molecule has 2 aromatic rings. The first kappa shape index (κ1) is 12.3. The monoisotopic (exact) mass is 289 g/mol. The minimum atomic E-state index is 0.338. The molecule has 0 aliphatic carbocycles. The fraction of sp³-hybridized carbons (Fsp3) is 0.267. The Morgan fingerprint density at radius 3 is 2.41 bits per heavy atom. The van der Waals surface area contributed by atoms with Crippen LogP contribution in [0.25, 0.3) is 0 Å². The van der Waals surface area contributed by atoms with Crippen LogP contribution in [-0.2, 0) is 0 Å². The number of hydrogen-bond donors (Lipinski definition) is 0. The summed E-state index contributed by atoms with van der Waals surface area (Å²) in [6, 6.07) is 12.8. The molecule has 1 nitrogen and oxygen atoms in total. The molecular weight excluding hydrogens is 274 g/mol. The Hall–Kier alpha value is -1.15. The number of aryl methyl sites for hydroxylation is 1. The molecule has 0 saturated carbocycles. The normalized spacial score (nSPS) is 14.3. The highest BCUT2D eigenvalue weighted by Crippen LogP contribution is 2.37. The molecule has 1 heterocycles. The van der Waals surface area contributed by atoms with Crippen LogP contribution in [0, 0.1) is 6.92 Å². The van der Waals surface area contributed by atoms with Crippen LogP contribution >= 0.6 is 15.9 Å². The zero-order valence-corrected chi connectivity index (χ0v) is 11.7. The van der Waals surface area contributed by atoms with Crippen LogP contribution in [0.1, 0.15) is 34.4 Å². The second kappa shape index (κ2) is 5.46. The lowest BCUT2D eigenvalue weighted by Gasteiger charge is -2.19. The van der Waals surface area contributed by atoms with E-state index in [1.54, 1.807) is 0 Å². The van der Waals surface area contributed by atoms with Crippen LogP contribution in [0.3, 0.4) is 0 Å². The third-order valence-electron chi connectivity index (χ3n) is 3.03. The predicted molar refractivity (Wildman–Crippen MR) is 75.5 cm³/mol. The van der Waals surface area contributed by atoms with Crippen molar-refractivity contribution in [3.63, 3.8) is 0 Å². The Morgan fingerprint density at radius 1 is 1.06 bits per heavy atom. The van der Waals surface area contributed by atoms with Crippen molar-refractivity contribution in [2.75, 3.05) is 0 Å². The van der Waals surface area contributed by atoms with E-state index >= 15 is 0 Å². The molecule has 0 aliphatic rings. The van der Waals surface area contributed by atoms with Gasteiger partial charge in [0.1, 0.15) is 0 Å². The van der Waals surface area contributed by atoms with Crippen LogP contribution in [0.2, 0.25) is 0 Å². The summed E-state index contributed by atoms with van der Waals surface area (Å²) in [6.45, 7) is 4.36. The highest BCUT2D eigenvalue weighted by Gasteiger charge is 2.17. The summed E-state index contributed by atoms with van der Waals surface area (Å²) in [6.07, 6.45) is 3.70. The van der Waals surface area contributed by atoms with Crippen molar-refractivity contribution in [2.24, 2.45) is 0 Å². The van der Waals surface area contributed by atoms with E-state index in [4.69, 9.17) is 0 Å². The van der Waals surface area contributed by atoms with E-state index in [9.17, 15) is 0 Å². The summed E-state index contributed by atoms with van der Waals surface area (Å²) >= 11 is 3.80. The molecule has 0 aliphatic heterocycles. The third kappa shape index (κ3) is 2.95. The van der Waals surface area contributed by atoms with Crippen molar-refractivity contribution in [1.29, 1.82) is 0 Å². The Balaban J connectivity index is 2.23. The van der Waals surface area contributed by atoms with E-state index in [2.05, 4.69) is 71.2 Å². The van der Waals surface area contributed by atoms with Crippen LogP contribution in [-0.4, -0.2) is 4.98 Å². The standard InChI is InChI=1S/C15H16BrN/c1-11-4-3-5-14(10-11)15(16)12(2)13-6-8-17-9-7-13/h3-10,12,15H,1-2H3. The fourth-order valence-electron chi connectivity index (χ4n) is 1.97. The van der Waals surface area contributed by atoms with E-state index < -0.39 is 0 Å². The number of aromatic nitrogens is 1. The van der Waals surface area contributed by atoms with Gasteiger partial charge in [0.15, 0.2) is 0 Å². The van der Waals surface area contributed by atoms with Crippen LogP contribution in [0.4, 0.5) is 0 Å². The molecule has 2 atom stereocenters. The van der Waals surface area contributed by atoms with Crippen molar-refractivity contribution >= 4 is 15.9 Å². The van der Waals surface area contributed by atoms with E-state index in [1.807, 2.05) is 12.4 Å². The molecule has 2 heteroatoms. The maximum atomic E-state index is 4.06. The number of alkyl halides is 1. The number of pyridine rings is 1. The smallest absolute Gasteiger partial charge is 0.0461 e. The van der Waals surface area contributed by atoms with E-state index in [1.165, 1.54) is 16.7 Å². The Kier molecular flexibility index (Phi) is 3.95. The first-order valence-corrected chi connectivity index (χ1v) is 6.70. The average Bonchev–Trinajstić information content (AvgIpc) is 2.38. The zero-order valence-electron chi connectivity index (χ0n) is 10.1. The first-order valence-electron chi connectivity index (χ1n) is 5.79. The SMILES string of the molecule is Cc1cccc(C(Br)C(C)c2ccncc2)c1. The summed E-state index contributed by atoms with van der Waals surface area (Å²) < 4.78 is 0. The van der Waals surface area contributed by atoms with Gasteiger partial charge in [-0.1, -0.05) is 52.7 Å². The molecule has 0 bridgehead atoms. The highest BCUT2D eigenvalue weighted by molar-refractivity contribution is 9.09. The molecule has 0 fully saturated rings. The summed E-state index contributed by atoms with van der Waals surface area (Å²) in [5, 5.41) is 0. The quantitative estimate of drug-likeness (QED) is 0.751. The number of rotatable bonds is 3. The lowest BCUT2D eigenvalue weighted by molar-refractivity contribution is 0.749. The van der Waals surface area contributed by atoms with Gasteiger partial charge in [0, 0.05) is 17.2 Å². The predicted octanol–water partition coefficient (Wildman–Crippen LogP) is 4.63. The molecule has 2 rings (SSSR count). The molecule has 1 aromatic carbocycles. The van der Waals surface area contributed by atoms with Crippen molar-refractivity contribution in [1.82, 2.24) is 4.98 Å². The van der Waals surface area contributed by atoms with Crippen molar-refractivity contribution < 1.29 is 0 Å². The molecule has 0 radical (unpaired) electrons. The molecule has 0 spiro atoms. The zero-order chi connectivity index (χ0) is 12.3. The first-order chi connectivity index (χ1) is 8.18.